The molecule has 0 aromatic heterocycles. The van der Waals surface area contributed by atoms with E-state index in [0.29, 0.717) is 0 Å². The minimum Gasteiger partial charge on any atom is -0.249 e. The normalized spacial score (nSPS) is 11.7. The molecule has 0 aliphatic carbocycles. The van der Waals surface area contributed by atoms with Crippen molar-refractivity contribution in [2.45, 2.75) is 36.5 Å². The molecule has 2 heteroatoms. The van der Waals surface area contributed by atoms with Gasteiger partial charge in [-0.2, -0.15) is 0 Å². The van der Waals surface area contributed by atoms with Crippen molar-refractivity contribution in [1.29, 1.82) is 0 Å². The molecule has 0 saturated heterocycles. The molecule has 0 amide bonds. The van der Waals surface area contributed by atoms with Crippen molar-refractivity contribution in [3.63, 3.8) is 0 Å². The number of hydrogen-bond acceptors (Lipinski definition) is 1. The van der Waals surface area contributed by atoms with Crippen LogP contribution in [0, 0.1) is 6.92 Å². The Hall–Kier alpha value is -1.89. The van der Waals surface area contributed by atoms with E-state index in [1.165, 1.54) is 5.56 Å². The van der Waals surface area contributed by atoms with Crippen molar-refractivity contribution < 1.29 is 4.21 Å². The molecule has 108 valence electrons. The molecule has 2 aromatic rings. The molecule has 0 fully saturated rings. The predicted molar refractivity (Wildman–Crippen MR) is 88.9 cm³/mol. The quantitative estimate of drug-likeness (QED) is 0.723. The first-order chi connectivity index (χ1) is 10.2. The summed E-state index contributed by atoms with van der Waals surface area (Å²) in [6, 6.07) is 15.8. The van der Waals surface area contributed by atoms with Gasteiger partial charge >= 0.3 is 0 Å². The second-order valence-corrected chi connectivity index (χ2v) is 6.45. The summed E-state index contributed by atoms with van der Waals surface area (Å²) in [5.41, 5.74) is 6.38. The molecule has 1 atom stereocenters. The van der Waals surface area contributed by atoms with Crippen molar-refractivity contribution in [2.24, 2.45) is 0 Å². The smallest absolute Gasteiger partial charge is 0.0852 e. The van der Waals surface area contributed by atoms with Gasteiger partial charge in [0.05, 0.1) is 10.8 Å². The van der Waals surface area contributed by atoms with Crippen molar-refractivity contribution in [1.82, 2.24) is 0 Å². The summed E-state index contributed by atoms with van der Waals surface area (Å²) < 4.78 is 12.8. The summed E-state index contributed by atoms with van der Waals surface area (Å²) in [4.78, 5) is 1.72. The van der Waals surface area contributed by atoms with Gasteiger partial charge in [-0.05, 0) is 42.7 Å². The van der Waals surface area contributed by atoms with Gasteiger partial charge in [0.15, 0.2) is 0 Å². The number of rotatable bonds is 5. The largest absolute Gasteiger partial charge is 0.249 e. The number of aryl methyl sites for hydroxylation is 1. The average molecular weight is 296 g/mol. The maximum absolute atomic E-state index is 12.8. The van der Waals surface area contributed by atoms with Crippen LogP contribution in [-0.2, 0) is 17.2 Å². The summed E-state index contributed by atoms with van der Waals surface area (Å²) in [5.74, 6) is 0. The van der Waals surface area contributed by atoms with Crippen molar-refractivity contribution >= 4 is 10.8 Å². The Kier molecular flexibility index (Phi) is 5.32. The lowest BCUT2D eigenvalue weighted by atomic mass is 10.0. The Bertz CT molecular complexity index is 692. The van der Waals surface area contributed by atoms with Gasteiger partial charge in [0.25, 0.3) is 0 Å². The van der Waals surface area contributed by atoms with Crippen LogP contribution in [0.4, 0.5) is 0 Å². The molecular formula is C19H20OS. The lowest BCUT2D eigenvalue weighted by molar-refractivity contribution is 0.682. The summed E-state index contributed by atoms with van der Waals surface area (Å²) in [5, 5.41) is 0. The Labute approximate surface area is 129 Å². The lowest BCUT2D eigenvalue weighted by Crippen LogP contribution is -2.00. The van der Waals surface area contributed by atoms with E-state index in [1.807, 2.05) is 55.5 Å². The fourth-order valence-electron chi connectivity index (χ4n) is 2.16. The van der Waals surface area contributed by atoms with Crippen LogP contribution in [0.5, 0.6) is 0 Å². The van der Waals surface area contributed by atoms with Gasteiger partial charge in [0.2, 0.25) is 0 Å². The summed E-state index contributed by atoms with van der Waals surface area (Å²) in [6.45, 7) is 7.85. The van der Waals surface area contributed by atoms with Crippen molar-refractivity contribution in [3.05, 3.63) is 77.5 Å². The minimum absolute atomic E-state index is 0.758. The van der Waals surface area contributed by atoms with E-state index in [1.54, 1.807) is 0 Å². The van der Waals surface area contributed by atoms with E-state index in [0.717, 1.165) is 33.8 Å². The van der Waals surface area contributed by atoms with Gasteiger partial charge in [-0.3, -0.25) is 0 Å². The Morgan fingerprint density at radius 1 is 1.14 bits per heavy atom. The second-order valence-electron chi connectivity index (χ2n) is 5.00. The van der Waals surface area contributed by atoms with E-state index in [2.05, 4.69) is 19.2 Å². The van der Waals surface area contributed by atoms with Gasteiger partial charge < -0.3 is 0 Å². The topological polar surface area (TPSA) is 17.1 Å². The number of allylic oxidation sites excluding steroid dienone is 1. The zero-order valence-electron chi connectivity index (χ0n) is 12.6. The van der Waals surface area contributed by atoms with Crippen LogP contribution < -0.4 is 0 Å². The molecule has 0 N–H and O–H groups in total. The first-order valence-corrected chi connectivity index (χ1v) is 8.24. The van der Waals surface area contributed by atoms with E-state index in [-0.39, 0.29) is 0 Å². The van der Waals surface area contributed by atoms with Crippen LogP contribution in [0.1, 0.15) is 24.5 Å². The van der Waals surface area contributed by atoms with Crippen LogP contribution in [0.3, 0.4) is 0 Å². The summed E-state index contributed by atoms with van der Waals surface area (Å²) in [6.07, 6.45) is 1.67. The third-order valence-electron chi connectivity index (χ3n) is 3.49. The zero-order chi connectivity index (χ0) is 15.2. The Balaban J connectivity index is 2.37. The average Bonchev–Trinajstić information content (AvgIpc) is 2.53. The van der Waals surface area contributed by atoms with E-state index in [9.17, 15) is 4.21 Å². The van der Waals surface area contributed by atoms with Crippen LogP contribution in [0.25, 0.3) is 0 Å². The molecule has 0 unspecified atom stereocenters. The molecule has 2 aromatic carbocycles. The number of benzene rings is 2. The van der Waals surface area contributed by atoms with Crippen LogP contribution in [-0.4, -0.2) is 4.21 Å². The zero-order valence-corrected chi connectivity index (χ0v) is 13.4. The fourth-order valence-corrected chi connectivity index (χ4v) is 3.38. The van der Waals surface area contributed by atoms with E-state index in [4.69, 9.17) is 0 Å². The van der Waals surface area contributed by atoms with Gasteiger partial charge in [0.1, 0.15) is 0 Å². The second kappa shape index (κ2) is 7.21. The molecule has 0 heterocycles. The highest BCUT2D eigenvalue weighted by Crippen LogP contribution is 2.23. The first kappa shape index (κ1) is 15.5. The third kappa shape index (κ3) is 3.81. The minimum atomic E-state index is -1.15. The SMILES string of the molecule is C=C=C(CC)Cc1ccccc1[S@@](=O)c1ccc(C)cc1. The van der Waals surface area contributed by atoms with Gasteiger partial charge in [-0.1, -0.05) is 49.4 Å². The lowest BCUT2D eigenvalue weighted by Gasteiger charge is -2.10. The van der Waals surface area contributed by atoms with Crippen LogP contribution in [0.15, 0.2) is 76.2 Å². The van der Waals surface area contributed by atoms with Gasteiger partial charge in [0, 0.05) is 16.2 Å². The Morgan fingerprint density at radius 2 is 1.81 bits per heavy atom. The fraction of sp³-hybridized carbons (Fsp3) is 0.211. The molecule has 21 heavy (non-hydrogen) atoms. The monoisotopic (exact) mass is 296 g/mol. The molecule has 0 radical (unpaired) electrons. The van der Waals surface area contributed by atoms with Gasteiger partial charge in [-0.15, -0.1) is 5.73 Å². The molecule has 0 saturated carbocycles. The molecule has 0 bridgehead atoms. The standard InChI is InChI=1S/C19H20OS/c1-4-16(5-2)14-17-8-6-7-9-19(17)21(20)18-12-10-15(3)11-13-18/h6-13H,1,5,14H2,2-3H3/t21-/m0/s1. The van der Waals surface area contributed by atoms with E-state index >= 15 is 0 Å². The molecule has 2 rings (SSSR count). The third-order valence-corrected chi connectivity index (χ3v) is 4.99. The van der Waals surface area contributed by atoms with Crippen molar-refractivity contribution in [3.8, 4) is 0 Å². The summed E-state index contributed by atoms with van der Waals surface area (Å²) >= 11 is 0. The van der Waals surface area contributed by atoms with E-state index < -0.39 is 10.8 Å². The highest BCUT2D eigenvalue weighted by Gasteiger charge is 2.12. The molecular weight excluding hydrogens is 276 g/mol. The highest BCUT2D eigenvalue weighted by molar-refractivity contribution is 7.85. The first-order valence-electron chi connectivity index (χ1n) is 7.09. The maximum Gasteiger partial charge on any atom is 0.0852 e. The molecule has 0 spiro atoms. The molecule has 0 aliphatic heterocycles. The number of hydrogen-bond donors (Lipinski definition) is 0. The van der Waals surface area contributed by atoms with Crippen LogP contribution in [0.2, 0.25) is 0 Å². The maximum atomic E-state index is 12.8. The molecule has 1 nitrogen and oxygen atoms in total. The molecule has 0 aliphatic rings. The highest BCUT2D eigenvalue weighted by atomic mass is 32.2. The van der Waals surface area contributed by atoms with Crippen molar-refractivity contribution in [2.75, 3.05) is 0 Å². The summed E-state index contributed by atoms with van der Waals surface area (Å²) in [7, 11) is -1.15. The van der Waals surface area contributed by atoms with Crippen LogP contribution >= 0.6 is 0 Å². The predicted octanol–water partition coefficient (Wildman–Crippen LogP) is 4.83. The van der Waals surface area contributed by atoms with Gasteiger partial charge in [-0.25, -0.2) is 4.21 Å². The Morgan fingerprint density at radius 3 is 2.43 bits per heavy atom.